The molecule has 1 N–H and O–H groups in total. The molecule has 0 aromatic heterocycles. The van der Waals surface area contributed by atoms with E-state index in [0.29, 0.717) is 18.8 Å². The van der Waals surface area contributed by atoms with Crippen LogP contribution in [-0.4, -0.2) is 64.8 Å². The molecule has 0 bridgehead atoms. The zero-order valence-corrected chi connectivity index (χ0v) is 17.9. The molecule has 0 unspecified atom stereocenters. The van der Waals surface area contributed by atoms with Crippen molar-refractivity contribution in [2.75, 3.05) is 26.2 Å². The van der Waals surface area contributed by atoms with Gasteiger partial charge in [0.25, 0.3) is 5.91 Å². The van der Waals surface area contributed by atoms with Crippen LogP contribution in [-0.2, 0) is 15.8 Å². The average molecular weight is 450 g/mol. The topological polar surface area (TPSA) is 73.0 Å². The molecule has 7 nitrogen and oxygen atoms in total. The Morgan fingerprint density at radius 1 is 1.19 bits per heavy atom. The van der Waals surface area contributed by atoms with E-state index < -0.39 is 35.8 Å². The minimum atomic E-state index is -4.65. The number of alkyl halides is 3. The van der Waals surface area contributed by atoms with Crippen LogP contribution in [0.1, 0.15) is 43.9 Å². The molecule has 2 atom stereocenters. The van der Waals surface area contributed by atoms with Gasteiger partial charge in [-0.1, -0.05) is 18.2 Å². The first-order valence-electron chi connectivity index (χ1n) is 10.7. The minimum Gasteiger partial charge on any atom is -0.341 e. The number of rotatable bonds is 4. The summed E-state index contributed by atoms with van der Waals surface area (Å²) in [6.07, 6.45) is -2.84. The van der Waals surface area contributed by atoms with E-state index in [1.165, 1.54) is 28.0 Å². The van der Waals surface area contributed by atoms with Crippen LogP contribution in [0.15, 0.2) is 35.5 Å². The Labute approximate surface area is 183 Å². The Balaban J connectivity index is 1.73. The number of amides is 4. The molecular formula is C22H25F3N4O3. The van der Waals surface area contributed by atoms with E-state index in [0.717, 1.165) is 18.9 Å². The van der Waals surface area contributed by atoms with Gasteiger partial charge >= 0.3 is 12.2 Å². The van der Waals surface area contributed by atoms with E-state index in [1.807, 2.05) is 0 Å². The van der Waals surface area contributed by atoms with Crippen molar-refractivity contribution >= 4 is 17.8 Å². The fraction of sp³-hybridized carbons (Fsp3) is 0.500. The number of hydrogen-bond acceptors (Lipinski definition) is 3. The second-order valence-electron chi connectivity index (χ2n) is 8.21. The van der Waals surface area contributed by atoms with Gasteiger partial charge in [0, 0.05) is 19.6 Å². The Morgan fingerprint density at radius 2 is 1.84 bits per heavy atom. The van der Waals surface area contributed by atoms with Crippen LogP contribution < -0.4 is 5.32 Å². The van der Waals surface area contributed by atoms with Gasteiger partial charge < -0.3 is 15.1 Å². The van der Waals surface area contributed by atoms with Crippen molar-refractivity contribution in [2.45, 2.75) is 44.9 Å². The van der Waals surface area contributed by atoms with Crippen LogP contribution in [0.5, 0.6) is 0 Å². The van der Waals surface area contributed by atoms with Crippen molar-refractivity contribution in [3.05, 3.63) is 46.7 Å². The van der Waals surface area contributed by atoms with Gasteiger partial charge in [-0.2, -0.15) is 13.2 Å². The lowest BCUT2D eigenvalue weighted by Crippen LogP contribution is -2.47. The fourth-order valence-corrected chi connectivity index (χ4v) is 4.74. The Kier molecular flexibility index (Phi) is 5.64. The smallest absolute Gasteiger partial charge is 0.341 e. The molecular weight excluding hydrogens is 425 g/mol. The molecule has 0 spiro atoms. The number of benzene rings is 1. The number of hydrogen-bond donors (Lipinski definition) is 1. The maximum atomic E-state index is 13.7. The maximum absolute atomic E-state index is 13.7. The van der Waals surface area contributed by atoms with E-state index >= 15 is 0 Å². The summed E-state index contributed by atoms with van der Waals surface area (Å²) in [4.78, 5) is 43.5. The Hall–Kier alpha value is -3.04. The highest BCUT2D eigenvalue weighted by molar-refractivity contribution is 6.03. The molecule has 1 aromatic rings. The van der Waals surface area contributed by atoms with E-state index in [9.17, 15) is 27.6 Å². The van der Waals surface area contributed by atoms with Crippen molar-refractivity contribution in [3.8, 4) is 0 Å². The number of carbonyl (C=O) groups is 3. The van der Waals surface area contributed by atoms with Gasteiger partial charge in [0.15, 0.2) is 0 Å². The summed E-state index contributed by atoms with van der Waals surface area (Å²) < 4.78 is 41.0. The summed E-state index contributed by atoms with van der Waals surface area (Å²) in [6.45, 7) is 4.85. The molecule has 0 saturated carbocycles. The second kappa shape index (κ2) is 8.14. The van der Waals surface area contributed by atoms with E-state index in [2.05, 4.69) is 5.32 Å². The number of nitrogens with one attached hydrogen (secondary N) is 1. The van der Waals surface area contributed by atoms with Gasteiger partial charge in [-0.15, -0.1) is 0 Å². The SMILES string of the molecule is CCN1C(=O)N[C@@H](c2ccccc2C(F)(F)F)C2=C1CN([C@H](C)C(=O)N1CCCC1)C2=O. The summed E-state index contributed by atoms with van der Waals surface area (Å²) in [6, 6.07) is 2.33. The van der Waals surface area contributed by atoms with Crippen molar-refractivity contribution < 1.29 is 27.6 Å². The zero-order chi connectivity index (χ0) is 23.2. The maximum Gasteiger partial charge on any atom is 0.416 e. The van der Waals surface area contributed by atoms with Crippen LogP contribution in [0.4, 0.5) is 18.0 Å². The molecule has 10 heteroatoms. The number of halogens is 3. The molecule has 1 aromatic carbocycles. The Morgan fingerprint density at radius 3 is 2.47 bits per heavy atom. The molecule has 1 saturated heterocycles. The van der Waals surface area contributed by atoms with Crippen LogP contribution in [0.2, 0.25) is 0 Å². The first kappa shape index (κ1) is 22.2. The predicted octanol–water partition coefficient (Wildman–Crippen LogP) is 2.90. The number of carbonyl (C=O) groups excluding carboxylic acids is 3. The van der Waals surface area contributed by atoms with E-state index in [1.54, 1.807) is 18.7 Å². The van der Waals surface area contributed by atoms with Crippen molar-refractivity contribution in [1.82, 2.24) is 20.0 Å². The first-order valence-corrected chi connectivity index (χ1v) is 10.7. The average Bonchev–Trinajstić information content (AvgIpc) is 3.40. The third-order valence-electron chi connectivity index (χ3n) is 6.39. The van der Waals surface area contributed by atoms with Crippen LogP contribution in [0.3, 0.4) is 0 Å². The monoisotopic (exact) mass is 450 g/mol. The lowest BCUT2D eigenvalue weighted by atomic mass is 9.91. The number of nitrogens with zero attached hydrogens (tertiary/aromatic N) is 3. The summed E-state index contributed by atoms with van der Waals surface area (Å²) in [5.74, 6) is -0.717. The normalized spacial score (nSPS) is 22.4. The summed E-state index contributed by atoms with van der Waals surface area (Å²) in [5, 5.41) is 2.58. The third kappa shape index (κ3) is 3.61. The number of urea groups is 1. The largest absolute Gasteiger partial charge is 0.416 e. The van der Waals surface area contributed by atoms with Crippen LogP contribution in [0.25, 0.3) is 0 Å². The van der Waals surface area contributed by atoms with Crippen LogP contribution >= 0.6 is 0 Å². The number of likely N-dealkylation sites (tertiary alicyclic amines) is 1. The van der Waals surface area contributed by atoms with Gasteiger partial charge in [0.05, 0.1) is 29.4 Å². The molecule has 172 valence electrons. The van der Waals surface area contributed by atoms with Gasteiger partial charge in [0.2, 0.25) is 5.91 Å². The van der Waals surface area contributed by atoms with Crippen molar-refractivity contribution in [3.63, 3.8) is 0 Å². The van der Waals surface area contributed by atoms with Gasteiger partial charge in [0.1, 0.15) is 6.04 Å². The summed E-state index contributed by atoms with van der Waals surface area (Å²) in [7, 11) is 0. The van der Waals surface area contributed by atoms with Gasteiger partial charge in [-0.25, -0.2) is 4.79 Å². The summed E-state index contributed by atoms with van der Waals surface area (Å²) >= 11 is 0. The Bertz CT molecular complexity index is 985. The molecule has 3 aliphatic heterocycles. The van der Waals surface area contributed by atoms with E-state index in [4.69, 9.17) is 0 Å². The molecule has 4 amide bonds. The van der Waals surface area contributed by atoms with Gasteiger partial charge in [-0.3, -0.25) is 14.5 Å². The van der Waals surface area contributed by atoms with Gasteiger partial charge in [-0.05, 0) is 38.3 Å². The standard InChI is InChI=1S/C22H25F3N4O3/c1-3-28-16-12-29(13(2)19(30)27-10-6-7-11-27)20(31)17(16)18(26-21(28)32)14-8-4-5-9-15(14)22(23,24)25/h4-5,8-9,13,18H,3,6-7,10-12H2,1-2H3,(H,26,32)/t13-,18+/m1/s1. The molecule has 32 heavy (non-hydrogen) atoms. The van der Waals surface area contributed by atoms with E-state index in [-0.39, 0.29) is 30.1 Å². The highest BCUT2D eigenvalue weighted by atomic mass is 19.4. The second-order valence-corrected chi connectivity index (χ2v) is 8.21. The highest BCUT2D eigenvalue weighted by Gasteiger charge is 2.48. The molecule has 0 radical (unpaired) electrons. The van der Waals surface area contributed by atoms with Crippen molar-refractivity contribution in [2.24, 2.45) is 0 Å². The molecule has 1 fully saturated rings. The lowest BCUT2D eigenvalue weighted by molar-refractivity contribution is -0.141. The lowest BCUT2D eigenvalue weighted by Gasteiger charge is -2.33. The molecule has 3 aliphatic rings. The first-order chi connectivity index (χ1) is 15.1. The zero-order valence-electron chi connectivity index (χ0n) is 17.9. The molecule has 4 rings (SSSR count). The highest BCUT2D eigenvalue weighted by Crippen LogP contribution is 2.42. The summed E-state index contributed by atoms with van der Waals surface area (Å²) in [5.41, 5.74) is -0.659. The minimum absolute atomic E-state index is 0.000851. The fourth-order valence-electron chi connectivity index (χ4n) is 4.74. The molecule has 3 heterocycles. The quantitative estimate of drug-likeness (QED) is 0.767. The molecule has 0 aliphatic carbocycles. The van der Waals surface area contributed by atoms with Crippen molar-refractivity contribution in [1.29, 1.82) is 0 Å². The predicted molar refractivity (Wildman–Crippen MR) is 109 cm³/mol. The third-order valence-corrected chi connectivity index (χ3v) is 6.39. The van der Waals surface area contributed by atoms with Crippen LogP contribution in [0, 0.1) is 0 Å². The number of likely N-dealkylation sites (N-methyl/N-ethyl adjacent to an activating group) is 1.